The van der Waals surface area contributed by atoms with Gasteiger partial charge in [0.05, 0.1) is 0 Å². The van der Waals surface area contributed by atoms with Crippen molar-refractivity contribution in [3.8, 4) is 0 Å². The summed E-state index contributed by atoms with van der Waals surface area (Å²) in [7, 11) is 0. The number of amides is 2. The number of rotatable bonds is 8. The first-order valence-electron chi connectivity index (χ1n) is 9.21. The molecule has 0 fully saturated rings. The van der Waals surface area contributed by atoms with Crippen LogP contribution in [0, 0.1) is 11.3 Å². The lowest BCUT2D eigenvalue weighted by atomic mass is 9.77. The molecule has 0 spiro atoms. The molecule has 0 saturated carbocycles. The SMILES string of the molecule is CCC(CCC(C)C)(C(=O)Nc1ccccc1)C(=O)Nc1ccccc1. The molecule has 4 nitrogen and oxygen atoms in total. The van der Waals surface area contributed by atoms with Crippen LogP contribution in [0.2, 0.25) is 0 Å². The topological polar surface area (TPSA) is 58.2 Å². The van der Waals surface area contributed by atoms with E-state index < -0.39 is 5.41 Å². The van der Waals surface area contributed by atoms with Gasteiger partial charge in [-0.05, 0) is 49.4 Å². The summed E-state index contributed by atoms with van der Waals surface area (Å²) in [4.78, 5) is 26.3. The number of carbonyl (C=O) groups is 2. The summed E-state index contributed by atoms with van der Waals surface area (Å²) in [6.07, 6.45) is 1.76. The van der Waals surface area contributed by atoms with Gasteiger partial charge in [-0.1, -0.05) is 57.2 Å². The smallest absolute Gasteiger partial charge is 0.240 e. The maximum absolute atomic E-state index is 13.1. The van der Waals surface area contributed by atoms with Crippen molar-refractivity contribution in [2.45, 2.75) is 40.0 Å². The molecule has 2 rings (SSSR count). The van der Waals surface area contributed by atoms with E-state index in [2.05, 4.69) is 24.5 Å². The number of nitrogens with one attached hydrogen (secondary N) is 2. The number of carbonyl (C=O) groups excluding carboxylic acids is 2. The van der Waals surface area contributed by atoms with Crippen LogP contribution in [-0.4, -0.2) is 11.8 Å². The van der Waals surface area contributed by atoms with Gasteiger partial charge in [0.15, 0.2) is 0 Å². The van der Waals surface area contributed by atoms with Gasteiger partial charge in [0.25, 0.3) is 0 Å². The molecule has 0 saturated heterocycles. The van der Waals surface area contributed by atoms with Gasteiger partial charge in [-0.2, -0.15) is 0 Å². The summed E-state index contributed by atoms with van der Waals surface area (Å²) in [5.74, 6) is -0.0875. The predicted octanol–water partition coefficient (Wildman–Crippen LogP) is 5.10. The van der Waals surface area contributed by atoms with Gasteiger partial charge in [-0.25, -0.2) is 0 Å². The normalized spacial score (nSPS) is 11.2. The molecule has 2 N–H and O–H groups in total. The van der Waals surface area contributed by atoms with Crippen molar-refractivity contribution in [1.29, 1.82) is 0 Å². The molecule has 2 aromatic carbocycles. The molecule has 0 atom stereocenters. The largest absolute Gasteiger partial charge is 0.325 e. The summed E-state index contributed by atoms with van der Waals surface area (Å²) < 4.78 is 0. The quantitative estimate of drug-likeness (QED) is 0.650. The molecule has 4 heteroatoms. The molecule has 2 aromatic rings. The Balaban J connectivity index is 2.27. The molecular formula is C22H28N2O2. The van der Waals surface area contributed by atoms with Crippen LogP contribution in [0.25, 0.3) is 0 Å². The van der Waals surface area contributed by atoms with Gasteiger partial charge in [0, 0.05) is 11.4 Å². The third-order valence-electron chi connectivity index (χ3n) is 4.68. The van der Waals surface area contributed by atoms with Crippen LogP contribution in [0.3, 0.4) is 0 Å². The highest BCUT2D eigenvalue weighted by Crippen LogP contribution is 2.33. The van der Waals surface area contributed by atoms with E-state index in [1.165, 1.54) is 0 Å². The average Bonchev–Trinajstić information content (AvgIpc) is 2.64. The average molecular weight is 352 g/mol. The van der Waals surface area contributed by atoms with E-state index in [1.807, 2.05) is 67.6 Å². The van der Waals surface area contributed by atoms with Crippen LogP contribution in [0.1, 0.15) is 40.0 Å². The van der Waals surface area contributed by atoms with Crippen molar-refractivity contribution in [1.82, 2.24) is 0 Å². The molecule has 0 unspecified atom stereocenters. The lowest BCUT2D eigenvalue weighted by Crippen LogP contribution is -2.46. The van der Waals surface area contributed by atoms with Crippen molar-refractivity contribution in [3.05, 3.63) is 60.7 Å². The van der Waals surface area contributed by atoms with Gasteiger partial charge >= 0.3 is 0 Å². The summed E-state index contributed by atoms with van der Waals surface area (Å²) >= 11 is 0. The second-order valence-corrected chi connectivity index (χ2v) is 7.01. The van der Waals surface area contributed by atoms with E-state index in [9.17, 15) is 9.59 Å². The Labute approximate surface area is 156 Å². The minimum Gasteiger partial charge on any atom is -0.325 e. The van der Waals surface area contributed by atoms with Crippen molar-refractivity contribution in [2.24, 2.45) is 11.3 Å². The highest BCUT2D eigenvalue weighted by Gasteiger charge is 2.44. The molecule has 0 aliphatic heterocycles. The zero-order valence-electron chi connectivity index (χ0n) is 15.8. The number of hydrogen-bond donors (Lipinski definition) is 2. The van der Waals surface area contributed by atoms with E-state index >= 15 is 0 Å². The minimum absolute atomic E-state index is 0.250. The second kappa shape index (κ2) is 9.18. The van der Waals surface area contributed by atoms with Crippen LogP contribution in [-0.2, 0) is 9.59 Å². The monoisotopic (exact) mass is 352 g/mol. The van der Waals surface area contributed by atoms with Crippen LogP contribution in [0.5, 0.6) is 0 Å². The molecule has 0 aliphatic carbocycles. The first-order valence-corrected chi connectivity index (χ1v) is 9.21. The Kier molecular flexibility index (Phi) is 6.96. The van der Waals surface area contributed by atoms with Gasteiger partial charge < -0.3 is 10.6 Å². The van der Waals surface area contributed by atoms with Crippen molar-refractivity contribution in [2.75, 3.05) is 10.6 Å². The maximum atomic E-state index is 13.1. The lowest BCUT2D eigenvalue weighted by molar-refractivity contribution is -0.138. The minimum atomic E-state index is -1.10. The maximum Gasteiger partial charge on any atom is 0.240 e. The second-order valence-electron chi connectivity index (χ2n) is 7.01. The molecule has 0 aromatic heterocycles. The Morgan fingerprint density at radius 3 is 1.62 bits per heavy atom. The molecule has 2 amide bonds. The molecule has 0 heterocycles. The van der Waals surface area contributed by atoms with E-state index in [0.29, 0.717) is 30.1 Å². The number of benzene rings is 2. The number of hydrogen-bond acceptors (Lipinski definition) is 2. The zero-order chi connectivity index (χ0) is 19.0. The third-order valence-corrected chi connectivity index (χ3v) is 4.68. The lowest BCUT2D eigenvalue weighted by Gasteiger charge is -2.31. The fourth-order valence-corrected chi connectivity index (χ4v) is 2.91. The number of para-hydroxylation sites is 2. The van der Waals surface area contributed by atoms with Gasteiger partial charge in [-0.15, -0.1) is 0 Å². The first kappa shape index (κ1) is 19.7. The highest BCUT2D eigenvalue weighted by atomic mass is 16.2. The van der Waals surface area contributed by atoms with Crippen molar-refractivity contribution in [3.63, 3.8) is 0 Å². The van der Waals surface area contributed by atoms with Crippen molar-refractivity contribution < 1.29 is 9.59 Å². The zero-order valence-corrected chi connectivity index (χ0v) is 15.8. The summed E-state index contributed by atoms with van der Waals surface area (Å²) in [5, 5.41) is 5.85. The van der Waals surface area contributed by atoms with E-state index in [4.69, 9.17) is 0 Å². The summed E-state index contributed by atoms with van der Waals surface area (Å²) in [5.41, 5.74) is 0.301. The Morgan fingerprint density at radius 1 is 0.846 bits per heavy atom. The van der Waals surface area contributed by atoms with Gasteiger partial charge in [0.2, 0.25) is 11.8 Å². The molecule has 26 heavy (non-hydrogen) atoms. The molecule has 0 bridgehead atoms. The van der Waals surface area contributed by atoms with Crippen LogP contribution in [0.15, 0.2) is 60.7 Å². The highest BCUT2D eigenvalue weighted by molar-refractivity contribution is 6.14. The fourth-order valence-electron chi connectivity index (χ4n) is 2.91. The summed E-state index contributed by atoms with van der Waals surface area (Å²) in [6.45, 7) is 6.10. The van der Waals surface area contributed by atoms with E-state index in [-0.39, 0.29) is 11.8 Å². The molecule has 0 aliphatic rings. The Bertz CT molecular complexity index is 658. The van der Waals surface area contributed by atoms with Crippen LogP contribution < -0.4 is 10.6 Å². The first-order chi connectivity index (χ1) is 12.5. The van der Waals surface area contributed by atoms with Crippen molar-refractivity contribution >= 4 is 23.2 Å². The van der Waals surface area contributed by atoms with Crippen LogP contribution in [0.4, 0.5) is 11.4 Å². The standard InChI is InChI=1S/C22H28N2O2/c1-4-22(16-15-17(2)3,20(25)23-18-11-7-5-8-12-18)21(26)24-19-13-9-6-10-14-19/h5-14,17H,4,15-16H2,1-3H3,(H,23,25)(H,24,26). The Morgan fingerprint density at radius 2 is 1.27 bits per heavy atom. The third kappa shape index (κ3) is 4.94. The number of anilines is 2. The summed E-state index contributed by atoms with van der Waals surface area (Å²) in [6, 6.07) is 18.6. The fraction of sp³-hybridized carbons (Fsp3) is 0.364. The molecular weight excluding hydrogens is 324 g/mol. The van der Waals surface area contributed by atoms with Gasteiger partial charge in [-0.3, -0.25) is 9.59 Å². The predicted molar refractivity (Wildman–Crippen MR) is 107 cm³/mol. The van der Waals surface area contributed by atoms with Crippen LogP contribution >= 0.6 is 0 Å². The Hall–Kier alpha value is -2.62. The molecule has 138 valence electrons. The van der Waals surface area contributed by atoms with E-state index in [1.54, 1.807) is 0 Å². The van der Waals surface area contributed by atoms with Gasteiger partial charge in [0.1, 0.15) is 5.41 Å². The molecule has 0 radical (unpaired) electrons. The van der Waals surface area contributed by atoms with E-state index in [0.717, 1.165) is 6.42 Å².